The minimum absolute atomic E-state index is 0.158. The van der Waals surface area contributed by atoms with Crippen molar-refractivity contribution >= 4 is 34.4 Å². The number of halogens is 1. The summed E-state index contributed by atoms with van der Waals surface area (Å²) in [4.78, 5) is 13.5. The van der Waals surface area contributed by atoms with E-state index in [0.717, 1.165) is 47.8 Å². The highest BCUT2D eigenvalue weighted by Crippen LogP contribution is 2.27. The molecule has 9 nitrogen and oxygen atoms in total. The van der Waals surface area contributed by atoms with Crippen LogP contribution in [0.4, 0.5) is 11.4 Å². The van der Waals surface area contributed by atoms with Crippen molar-refractivity contribution in [3.8, 4) is 17.6 Å². The molecular weight excluding hydrogens is 562 g/mol. The molecule has 43 heavy (non-hydrogen) atoms. The molecule has 2 heterocycles. The lowest BCUT2D eigenvalue weighted by molar-refractivity contribution is 0.306. The van der Waals surface area contributed by atoms with E-state index in [1.807, 2.05) is 86.6 Å². The molecule has 0 N–H and O–H groups in total. The summed E-state index contributed by atoms with van der Waals surface area (Å²) in [5, 5.41) is 19.1. The highest BCUT2D eigenvalue weighted by atomic mass is 35.5. The van der Waals surface area contributed by atoms with Gasteiger partial charge in [0.1, 0.15) is 22.9 Å². The summed E-state index contributed by atoms with van der Waals surface area (Å²) in [5.41, 5.74) is 3.82. The zero-order valence-corrected chi connectivity index (χ0v) is 25.3. The van der Waals surface area contributed by atoms with Gasteiger partial charge in [0.15, 0.2) is 5.82 Å². The van der Waals surface area contributed by atoms with Crippen LogP contribution in [-0.4, -0.2) is 53.1 Å². The molecule has 0 aliphatic carbocycles. The highest BCUT2D eigenvalue weighted by Gasteiger charge is 2.30. The maximum Gasteiger partial charge on any atom is 0.204 e. The zero-order chi connectivity index (χ0) is 30.2. The molecule has 10 heteroatoms. The Balaban J connectivity index is 1.29. The van der Waals surface area contributed by atoms with Crippen molar-refractivity contribution < 1.29 is 9.47 Å². The van der Waals surface area contributed by atoms with Gasteiger partial charge in [-0.2, -0.15) is 5.26 Å². The molecule has 0 saturated heterocycles. The minimum atomic E-state index is 0.158. The van der Waals surface area contributed by atoms with E-state index in [1.54, 1.807) is 11.9 Å². The van der Waals surface area contributed by atoms with Crippen LogP contribution in [0, 0.1) is 11.3 Å². The fourth-order valence-corrected chi connectivity index (χ4v) is 4.88. The third-order valence-corrected chi connectivity index (χ3v) is 7.31. The molecule has 1 aromatic heterocycles. The fourth-order valence-electron chi connectivity index (χ4n) is 4.66. The van der Waals surface area contributed by atoms with E-state index < -0.39 is 0 Å². The van der Waals surface area contributed by atoms with Gasteiger partial charge >= 0.3 is 0 Å². The Morgan fingerprint density at radius 3 is 2.42 bits per heavy atom. The van der Waals surface area contributed by atoms with E-state index in [-0.39, 0.29) is 5.92 Å². The van der Waals surface area contributed by atoms with E-state index in [4.69, 9.17) is 36.2 Å². The van der Waals surface area contributed by atoms with Gasteiger partial charge in [-0.05, 0) is 67.4 Å². The number of hydrogen-bond donors (Lipinski definition) is 0. The monoisotopic (exact) mass is 595 g/mol. The first kappa shape index (κ1) is 29.8. The second kappa shape index (κ2) is 14.0. The van der Waals surface area contributed by atoms with Crippen LogP contribution in [0.1, 0.15) is 56.2 Å². The molecule has 0 spiro atoms. The Morgan fingerprint density at radius 1 is 0.977 bits per heavy atom. The van der Waals surface area contributed by atoms with Crippen LogP contribution >= 0.6 is 11.6 Å². The molecule has 3 aromatic carbocycles. The second-order valence-electron chi connectivity index (χ2n) is 10.4. The average Bonchev–Trinajstić information content (AvgIpc) is 3.59. The third kappa shape index (κ3) is 7.22. The maximum atomic E-state index is 9.24. The van der Waals surface area contributed by atoms with Gasteiger partial charge in [-0.3, -0.25) is 0 Å². The Morgan fingerprint density at radius 2 is 1.72 bits per heavy atom. The molecule has 5 rings (SSSR count). The molecule has 0 fully saturated rings. The van der Waals surface area contributed by atoms with E-state index >= 15 is 0 Å². The lowest BCUT2D eigenvalue weighted by Gasteiger charge is -2.24. The number of benzene rings is 3. The van der Waals surface area contributed by atoms with Gasteiger partial charge in [-0.1, -0.05) is 43.6 Å². The number of nitrogens with zero attached hydrogens (tertiary/aromatic N) is 7. The van der Waals surface area contributed by atoms with E-state index in [0.29, 0.717) is 47.7 Å². The van der Waals surface area contributed by atoms with Gasteiger partial charge in [-0.15, -0.1) is 15.0 Å². The van der Waals surface area contributed by atoms with Crippen molar-refractivity contribution in [1.29, 1.82) is 5.26 Å². The summed E-state index contributed by atoms with van der Waals surface area (Å²) in [5.74, 6) is 3.09. The Bertz CT molecular complexity index is 1640. The number of rotatable bonds is 13. The SMILES string of the molecule is COc1ccc(OCCCCN(CCC#N)c2ccc(N=C3C(c4ccccc4Cl)=Nn4nc(C(C)C)nc43)cc2)cc1. The lowest BCUT2D eigenvalue weighted by atomic mass is 10.1. The predicted molar refractivity (Wildman–Crippen MR) is 170 cm³/mol. The molecule has 1 aliphatic rings. The average molecular weight is 596 g/mol. The maximum absolute atomic E-state index is 9.24. The summed E-state index contributed by atoms with van der Waals surface area (Å²) in [6.07, 6.45) is 2.26. The fraction of sp³-hybridized carbons (Fsp3) is 0.303. The molecule has 0 saturated carbocycles. The Labute approximate surface area is 257 Å². The van der Waals surface area contributed by atoms with Gasteiger partial charge < -0.3 is 14.4 Å². The molecule has 0 atom stereocenters. The van der Waals surface area contributed by atoms with Crippen molar-refractivity contribution in [3.63, 3.8) is 0 Å². The van der Waals surface area contributed by atoms with Gasteiger partial charge in [0.25, 0.3) is 0 Å². The normalized spacial score (nSPS) is 13.1. The van der Waals surface area contributed by atoms with Crippen LogP contribution in [-0.2, 0) is 0 Å². The summed E-state index contributed by atoms with van der Waals surface area (Å²) in [7, 11) is 1.65. The molecule has 220 valence electrons. The molecule has 0 bridgehead atoms. The Hall–Kier alpha value is -4.68. The topological polar surface area (TPSA) is 101 Å². The van der Waals surface area contributed by atoms with Gasteiger partial charge in [-0.25, -0.2) is 9.98 Å². The summed E-state index contributed by atoms with van der Waals surface area (Å²) < 4.78 is 11.1. The summed E-state index contributed by atoms with van der Waals surface area (Å²) in [6.45, 7) is 6.17. The zero-order valence-electron chi connectivity index (χ0n) is 24.6. The standard InChI is InChI=1S/C33H34ClN7O2/c1-23(2)32-37-33-31(30(38-41(33)39-32)28-9-4-5-10-29(28)34)36-24-11-13-25(14-12-24)40(21-8-19-35)20-6-7-22-43-27-17-15-26(42-3)16-18-27/h4-5,9-18,23H,6-8,20-22H2,1-3H3. The van der Waals surface area contributed by atoms with E-state index in [9.17, 15) is 5.26 Å². The number of ether oxygens (including phenoxy) is 2. The number of methoxy groups -OCH3 is 1. The third-order valence-electron chi connectivity index (χ3n) is 6.98. The summed E-state index contributed by atoms with van der Waals surface area (Å²) >= 11 is 6.54. The molecule has 0 amide bonds. The number of hydrogen-bond acceptors (Lipinski definition) is 8. The lowest BCUT2D eigenvalue weighted by Crippen LogP contribution is -2.25. The number of fused-ring (bicyclic) bond motifs is 1. The minimum Gasteiger partial charge on any atom is -0.497 e. The quantitative estimate of drug-likeness (QED) is 0.154. The van der Waals surface area contributed by atoms with Crippen LogP contribution in [0.5, 0.6) is 11.5 Å². The van der Waals surface area contributed by atoms with Crippen LogP contribution < -0.4 is 14.4 Å². The first-order valence-electron chi connectivity index (χ1n) is 14.4. The number of anilines is 1. The van der Waals surface area contributed by atoms with Crippen LogP contribution in [0.25, 0.3) is 0 Å². The molecule has 0 unspecified atom stereocenters. The predicted octanol–water partition coefficient (Wildman–Crippen LogP) is 7.03. The first-order chi connectivity index (χ1) is 21.0. The second-order valence-corrected chi connectivity index (χ2v) is 10.8. The Kier molecular flexibility index (Phi) is 9.70. The number of aliphatic imine (C=N–C) groups is 1. The molecule has 1 aliphatic heterocycles. The number of aromatic nitrogens is 3. The smallest absolute Gasteiger partial charge is 0.204 e. The van der Waals surface area contributed by atoms with Crippen LogP contribution in [0.3, 0.4) is 0 Å². The van der Waals surface area contributed by atoms with Crippen molar-refractivity contribution in [2.45, 2.75) is 39.0 Å². The summed E-state index contributed by atoms with van der Waals surface area (Å²) in [6, 6.07) is 25.4. The van der Waals surface area contributed by atoms with Crippen molar-refractivity contribution in [2.24, 2.45) is 10.1 Å². The van der Waals surface area contributed by atoms with Gasteiger partial charge in [0.2, 0.25) is 5.82 Å². The first-order valence-corrected chi connectivity index (χ1v) is 14.7. The van der Waals surface area contributed by atoms with Crippen molar-refractivity contribution in [1.82, 2.24) is 14.9 Å². The highest BCUT2D eigenvalue weighted by molar-refractivity contribution is 6.56. The molecule has 4 aromatic rings. The van der Waals surface area contributed by atoms with Gasteiger partial charge in [0.05, 0.1) is 36.9 Å². The van der Waals surface area contributed by atoms with Crippen LogP contribution in [0.2, 0.25) is 5.02 Å². The van der Waals surface area contributed by atoms with Crippen molar-refractivity contribution in [2.75, 3.05) is 31.7 Å². The van der Waals surface area contributed by atoms with Crippen LogP contribution in [0.15, 0.2) is 82.9 Å². The largest absolute Gasteiger partial charge is 0.497 e. The number of unbranched alkanes of at least 4 members (excludes halogenated alkanes) is 1. The number of nitriles is 1. The molecular formula is C33H34ClN7O2. The van der Waals surface area contributed by atoms with Crippen molar-refractivity contribution in [3.05, 3.63) is 95.0 Å². The van der Waals surface area contributed by atoms with E-state index in [2.05, 4.69) is 16.1 Å². The molecule has 0 radical (unpaired) electrons. The van der Waals surface area contributed by atoms with E-state index in [1.165, 1.54) is 0 Å². The van der Waals surface area contributed by atoms with Gasteiger partial charge in [0, 0.05) is 30.3 Å².